The number of halogens is 3. The summed E-state index contributed by atoms with van der Waals surface area (Å²) in [5.41, 5.74) is 0.101. The zero-order valence-corrected chi connectivity index (χ0v) is 8.26. The molecule has 0 saturated heterocycles. The molecule has 5 heteroatoms. The molecule has 1 N–H and O–H groups in total. The van der Waals surface area contributed by atoms with Crippen LogP contribution in [0.1, 0.15) is 17.9 Å². The molecule has 0 aromatic heterocycles. The Hall–Kier alpha value is -1.16. The second kappa shape index (κ2) is 3.45. The summed E-state index contributed by atoms with van der Waals surface area (Å²) in [4.78, 5) is 10.6. The minimum Gasteiger partial charge on any atom is -0.481 e. The van der Waals surface area contributed by atoms with Gasteiger partial charge in [0, 0.05) is 5.92 Å². The van der Waals surface area contributed by atoms with Gasteiger partial charge in [-0.05, 0) is 24.1 Å². The number of hydrogen-bond acceptors (Lipinski definition) is 1. The van der Waals surface area contributed by atoms with Gasteiger partial charge in [-0.2, -0.15) is 0 Å². The van der Waals surface area contributed by atoms with Crippen molar-refractivity contribution in [3.8, 4) is 0 Å². The smallest absolute Gasteiger partial charge is 0.307 e. The van der Waals surface area contributed by atoms with Crippen molar-refractivity contribution in [2.24, 2.45) is 5.92 Å². The summed E-state index contributed by atoms with van der Waals surface area (Å²) in [5, 5.41) is 8.37. The Morgan fingerprint density at radius 3 is 2.60 bits per heavy atom. The Bertz CT molecular complexity index is 434. The fraction of sp³-hybridized carbons (Fsp3) is 0.300. The molecule has 1 aliphatic rings. The van der Waals surface area contributed by atoms with Gasteiger partial charge in [-0.15, -0.1) is 0 Å². The van der Waals surface area contributed by atoms with Crippen LogP contribution < -0.4 is 0 Å². The fourth-order valence-corrected chi connectivity index (χ4v) is 1.78. The molecule has 1 aromatic rings. The number of rotatable bonds is 2. The molecular formula is C10H7ClF2O2. The molecule has 0 bridgehead atoms. The Kier molecular flexibility index (Phi) is 2.38. The van der Waals surface area contributed by atoms with Gasteiger partial charge in [0.05, 0.1) is 10.9 Å². The molecule has 2 rings (SSSR count). The van der Waals surface area contributed by atoms with E-state index in [0.717, 1.165) is 12.1 Å². The third-order valence-electron chi connectivity index (χ3n) is 2.55. The number of carboxylic acid groups (broad SMARTS) is 1. The number of aliphatic carboxylic acids is 1. The van der Waals surface area contributed by atoms with Gasteiger partial charge < -0.3 is 5.11 Å². The van der Waals surface area contributed by atoms with Gasteiger partial charge >= 0.3 is 5.97 Å². The van der Waals surface area contributed by atoms with Crippen molar-refractivity contribution >= 4 is 17.6 Å². The van der Waals surface area contributed by atoms with Crippen LogP contribution in [-0.4, -0.2) is 11.1 Å². The maximum atomic E-state index is 13.3. The largest absolute Gasteiger partial charge is 0.481 e. The molecule has 1 aromatic carbocycles. The Balaban J connectivity index is 2.31. The minimum absolute atomic E-state index is 0.101. The van der Waals surface area contributed by atoms with Crippen LogP contribution in [0.2, 0.25) is 5.02 Å². The minimum atomic E-state index is -0.977. The van der Waals surface area contributed by atoms with Gasteiger partial charge in [0.25, 0.3) is 0 Å². The monoisotopic (exact) mass is 232 g/mol. The van der Waals surface area contributed by atoms with E-state index in [1.165, 1.54) is 0 Å². The molecule has 1 aliphatic carbocycles. The molecule has 2 unspecified atom stereocenters. The highest BCUT2D eigenvalue weighted by atomic mass is 35.5. The average Bonchev–Trinajstić information content (AvgIpc) is 2.90. The van der Waals surface area contributed by atoms with E-state index in [1.807, 2.05) is 0 Å². The maximum absolute atomic E-state index is 13.3. The van der Waals surface area contributed by atoms with Crippen LogP contribution in [0, 0.1) is 17.6 Å². The summed E-state index contributed by atoms with van der Waals surface area (Å²) in [6, 6.07) is 1.86. The van der Waals surface area contributed by atoms with E-state index in [1.54, 1.807) is 0 Å². The van der Waals surface area contributed by atoms with Gasteiger partial charge in [0.15, 0.2) is 0 Å². The first kappa shape index (κ1) is 10.4. The molecule has 15 heavy (non-hydrogen) atoms. The van der Waals surface area contributed by atoms with E-state index in [4.69, 9.17) is 16.7 Å². The summed E-state index contributed by atoms with van der Waals surface area (Å²) in [5.74, 6) is -3.36. The molecule has 0 heterocycles. The molecule has 0 aliphatic heterocycles. The van der Waals surface area contributed by atoms with Gasteiger partial charge in [-0.3, -0.25) is 4.79 Å². The van der Waals surface area contributed by atoms with Gasteiger partial charge in [-0.1, -0.05) is 11.6 Å². The van der Waals surface area contributed by atoms with E-state index in [2.05, 4.69) is 0 Å². The highest BCUT2D eigenvalue weighted by molar-refractivity contribution is 6.30. The molecule has 2 nitrogen and oxygen atoms in total. The lowest BCUT2D eigenvalue weighted by Crippen LogP contribution is -2.00. The summed E-state index contributed by atoms with van der Waals surface area (Å²) >= 11 is 5.38. The molecule has 80 valence electrons. The normalized spacial score (nSPS) is 23.9. The van der Waals surface area contributed by atoms with E-state index < -0.39 is 29.4 Å². The predicted octanol–water partition coefficient (Wildman–Crippen LogP) is 2.81. The van der Waals surface area contributed by atoms with E-state index in [-0.39, 0.29) is 10.6 Å². The zero-order chi connectivity index (χ0) is 11.2. The standard InChI is InChI=1S/C10H7ClF2O2/c11-7-3-8(12)5(2-9(7)13)4-1-6(4)10(14)15/h2-4,6H,1H2,(H,14,15). The lowest BCUT2D eigenvalue weighted by molar-refractivity contribution is -0.138. The molecular weight excluding hydrogens is 226 g/mol. The molecule has 1 fully saturated rings. The van der Waals surface area contributed by atoms with Crippen LogP contribution >= 0.6 is 11.6 Å². The van der Waals surface area contributed by atoms with Crippen LogP contribution in [0.5, 0.6) is 0 Å². The first-order chi connectivity index (χ1) is 7.00. The topological polar surface area (TPSA) is 37.3 Å². The highest BCUT2D eigenvalue weighted by Crippen LogP contribution is 2.48. The molecule has 0 amide bonds. The first-order valence-corrected chi connectivity index (χ1v) is 4.75. The Morgan fingerprint density at radius 2 is 2.07 bits per heavy atom. The highest BCUT2D eigenvalue weighted by Gasteiger charge is 2.45. The lowest BCUT2D eigenvalue weighted by Gasteiger charge is -2.02. The van der Waals surface area contributed by atoms with E-state index in [9.17, 15) is 13.6 Å². The van der Waals surface area contributed by atoms with Crippen LogP contribution in [-0.2, 0) is 4.79 Å². The summed E-state index contributed by atoms with van der Waals surface area (Å²) in [7, 11) is 0. The van der Waals surface area contributed by atoms with Crippen molar-refractivity contribution in [1.82, 2.24) is 0 Å². The van der Waals surface area contributed by atoms with Crippen LogP contribution in [0.4, 0.5) is 8.78 Å². The lowest BCUT2D eigenvalue weighted by atomic mass is 10.1. The van der Waals surface area contributed by atoms with Crippen molar-refractivity contribution in [1.29, 1.82) is 0 Å². The first-order valence-electron chi connectivity index (χ1n) is 4.38. The van der Waals surface area contributed by atoms with E-state index >= 15 is 0 Å². The number of carboxylic acids is 1. The average molecular weight is 233 g/mol. The van der Waals surface area contributed by atoms with Crippen LogP contribution in [0.25, 0.3) is 0 Å². The van der Waals surface area contributed by atoms with Gasteiger partial charge in [0.1, 0.15) is 11.6 Å². The van der Waals surface area contributed by atoms with Crippen LogP contribution in [0.15, 0.2) is 12.1 Å². The van der Waals surface area contributed by atoms with Gasteiger partial charge in [0.2, 0.25) is 0 Å². The third kappa shape index (κ3) is 1.81. The van der Waals surface area contributed by atoms with Crippen LogP contribution in [0.3, 0.4) is 0 Å². The Labute approximate surface area is 89.5 Å². The summed E-state index contributed by atoms with van der Waals surface area (Å²) in [6.45, 7) is 0. The molecule has 0 spiro atoms. The second-order valence-corrected chi connectivity index (χ2v) is 3.98. The van der Waals surface area contributed by atoms with Crippen molar-refractivity contribution in [2.75, 3.05) is 0 Å². The predicted molar refractivity (Wildman–Crippen MR) is 49.9 cm³/mol. The fourth-order valence-electron chi connectivity index (χ4n) is 1.63. The number of hydrogen-bond donors (Lipinski definition) is 1. The van der Waals surface area contributed by atoms with Crippen molar-refractivity contribution in [3.63, 3.8) is 0 Å². The quantitative estimate of drug-likeness (QED) is 0.796. The second-order valence-electron chi connectivity index (χ2n) is 3.57. The SMILES string of the molecule is O=C(O)C1CC1c1cc(F)c(Cl)cc1F. The number of benzene rings is 1. The third-order valence-corrected chi connectivity index (χ3v) is 2.84. The molecule has 1 saturated carbocycles. The molecule has 2 atom stereocenters. The Morgan fingerprint density at radius 1 is 1.40 bits per heavy atom. The summed E-state index contributed by atoms with van der Waals surface area (Å²) in [6.07, 6.45) is 0.354. The van der Waals surface area contributed by atoms with Crippen molar-refractivity contribution in [2.45, 2.75) is 12.3 Å². The van der Waals surface area contributed by atoms with Crippen molar-refractivity contribution in [3.05, 3.63) is 34.4 Å². The van der Waals surface area contributed by atoms with E-state index in [0.29, 0.717) is 6.42 Å². The van der Waals surface area contributed by atoms with Crippen molar-refractivity contribution < 1.29 is 18.7 Å². The number of carbonyl (C=O) groups is 1. The zero-order valence-electron chi connectivity index (χ0n) is 7.51. The maximum Gasteiger partial charge on any atom is 0.307 e. The summed E-state index contributed by atoms with van der Waals surface area (Å²) < 4.78 is 26.3. The molecule has 0 radical (unpaired) electrons. The van der Waals surface area contributed by atoms with Gasteiger partial charge in [-0.25, -0.2) is 8.78 Å².